The maximum atomic E-state index is 5.85. The van der Waals surface area contributed by atoms with Crippen molar-refractivity contribution >= 4 is 0 Å². The molecule has 1 fully saturated rings. The molecule has 15 heavy (non-hydrogen) atoms. The van der Waals surface area contributed by atoms with E-state index in [1.54, 1.807) is 6.33 Å². The van der Waals surface area contributed by atoms with E-state index >= 15 is 0 Å². The van der Waals surface area contributed by atoms with Crippen molar-refractivity contribution in [3.63, 3.8) is 0 Å². The largest absolute Gasteiger partial charge is 0.330 e. The van der Waals surface area contributed by atoms with Gasteiger partial charge in [-0.3, -0.25) is 4.68 Å². The third-order valence-electron chi connectivity index (χ3n) is 3.51. The number of aromatic nitrogens is 3. The normalized spacial score (nSPS) is 18.8. The summed E-state index contributed by atoms with van der Waals surface area (Å²) < 4.78 is 2.02. The molecule has 0 aromatic carbocycles. The first-order valence-corrected chi connectivity index (χ1v) is 5.86. The molecule has 0 unspecified atom stereocenters. The summed E-state index contributed by atoms with van der Waals surface area (Å²) in [7, 11) is 0. The van der Waals surface area contributed by atoms with Crippen molar-refractivity contribution in [3.05, 3.63) is 12.2 Å². The van der Waals surface area contributed by atoms with Crippen molar-refractivity contribution in [2.75, 3.05) is 6.54 Å². The van der Waals surface area contributed by atoms with Crippen LogP contribution >= 0.6 is 0 Å². The van der Waals surface area contributed by atoms with E-state index in [0.717, 1.165) is 31.8 Å². The zero-order valence-electron chi connectivity index (χ0n) is 9.45. The average Bonchev–Trinajstić information content (AvgIpc) is 2.60. The minimum absolute atomic E-state index is 0.332. The van der Waals surface area contributed by atoms with Gasteiger partial charge in [0.2, 0.25) is 0 Å². The number of nitrogens with two attached hydrogens (primary N) is 1. The van der Waals surface area contributed by atoms with Crippen LogP contribution in [0.2, 0.25) is 0 Å². The van der Waals surface area contributed by atoms with Gasteiger partial charge in [-0.1, -0.05) is 13.3 Å². The molecule has 0 bridgehead atoms. The minimum Gasteiger partial charge on any atom is -0.330 e. The van der Waals surface area contributed by atoms with Crippen molar-refractivity contribution in [1.82, 2.24) is 14.8 Å². The molecule has 0 aliphatic heterocycles. The van der Waals surface area contributed by atoms with Gasteiger partial charge in [0.15, 0.2) is 0 Å². The molecule has 1 aliphatic rings. The molecular formula is C11H20N4. The van der Waals surface area contributed by atoms with E-state index < -0.39 is 0 Å². The highest BCUT2D eigenvalue weighted by Crippen LogP contribution is 2.42. The molecular weight excluding hydrogens is 188 g/mol. The number of hydrogen-bond donors (Lipinski definition) is 1. The Morgan fingerprint density at radius 3 is 2.87 bits per heavy atom. The lowest BCUT2D eigenvalue weighted by Gasteiger charge is -2.40. The Kier molecular flexibility index (Phi) is 3.05. The molecule has 0 amide bonds. The maximum Gasteiger partial charge on any atom is 0.138 e. The van der Waals surface area contributed by atoms with Crippen LogP contribution in [-0.2, 0) is 13.0 Å². The summed E-state index contributed by atoms with van der Waals surface area (Å²) in [4.78, 5) is 4.35. The van der Waals surface area contributed by atoms with Gasteiger partial charge in [-0.2, -0.15) is 5.10 Å². The molecule has 2 N–H and O–H groups in total. The highest BCUT2D eigenvalue weighted by atomic mass is 15.3. The van der Waals surface area contributed by atoms with Gasteiger partial charge in [0, 0.05) is 13.0 Å². The van der Waals surface area contributed by atoms with Crippen molar-refractivity contribution in [2.45, 2.75) is 45.6 Å². The third-order valence-corrected chi connectivity index (χ3v) is 3.51. The Balaban J connectivity index is 2.06. The molecule has 0 radical (unpaired) electrons. The highest BCUT2D eigenvalue weighted by molar-refractivity contribution is 4.99. The van der Waals surface area contributed by atoms with E-state index in [1.165, 1.54) is 19.3 Å². The lowest BCUT2D eigenvalue weighted by molar-refractivity contribution is 0.139. The van der Waals surface area contributed by atoms with Gasteiger partial charge in [0.25, 0.3) is 0 Å². The van der Waals surface area contributed by atoms with Crippen LogP contribution in [0.1, 0.15) is 38.4 Å². The van der Waals surface area contributed by atoms with Gasteiger partial charge in [-0.05, 0) is 31.2 Å². The summed E-state index contributed by atoms with van der Waals surface area (Å²) >= 11 is 0. The summed E-state index contributed by atoms with van der Waals surface area (Å²) in [5.41, 5.74) is 6.18. The fraction of sp³-hybridized carbons (Fsp3) is 0.818. The smallest absolute Gasteiger partial charge is 0.138 e. The standard InChI is InChI=1S/C11H20N4/c1-2-6-15-10(13-9-14-15)7-11(8-12)4-3-5-11/h9H,2-8,12H2,1H3. The maximum absolute atomic E-state index is 5.85. The number of hydrogen-bond acceptors (Lipinski definition) is 3. The molecule has 0 saturated heterocycles. The first-order chi connectivity index (χ1) is 7.29. The molecule has 1 aromatic heterocycles. The van der Waals surface area contributed by atoms with Gasteiger partial charge < -0.3 is 5.73 Å². The summed E-state index contributed by atoms with van der Waals surface area (Å²) in [6.07, 6.45) is 7.59. The predicted molar refractivity (Wildman–Crippen MR) is 59.4 cm³/mol. The molecule has 84 valence electrons. The molecule has 1 aliphatic carbocycles. The van der Waals surface area contributed by atoms with Crippen molar-refractivity contribution < 1.29 is 0 Å². The summed E-state index contributed by atoms with van der Waals surface area (Å²) in [5, 5.41) is 4.25. The van der Waals surface area contributed by atoms with E-state index in [2.05, 4.69) is 17.0 Å². The van der Waals surface area contributed by atoms with Crippen LogP contribution in [0.5, 0.6) is 0 Å². The van der Waals surface area contributed by atoms with Crippen molar-refractivity contribution in [2.24, 2.45) is 11.1 Å². The SMILES string of the molecule is CCCn1ncnc1CC1(CN)CCC1. The highest BCUT2D eigenvalue weighted by Gasteiger charge is 2.36. The monoisotopic (exact) mass is 208 g/mol. The first kappa shape index (κ1) is 10.6. The Bertz CT molecular complexity index is 309. The quantitative estimate of drug-likeness (QED) is 0.795. The van der Waals surface area contributed by atoms with Gasteiger partial charge in [-0.15, -0.1) is 0 Å². The predicted octanol–water partition coefficient (Wildman–Crippen LogP) is 1.36. The summed E-state index contributed by atoms with van der Waals surface area (Å²) in [5.74, 6) is 1.11. The van der Waals surface area contributed by atoms with Crippen LogP contribution < -0.4 is 5.73 Å². The van der Waals surface area contributed by atoms with Gasteiger partial charge in [-0.25, -0.2) is 4.98 Å². The summed E-state index contributed by atoms with van der Waals surface area (Å²) in [6, 6.07) is 0. The molecule has 4 nitrogen and oxygen atoms in total. The molecule has 0 spiro atoms. The molecule has 0 atom stereocenters. The zero-order chi connectivity index (χ0) is 10.7. The number of aryl methyl sites for hydroxylation is 1. The average molecular weight is 208 g/mol. The molecule has 2 rings (SSSR count). The Labute approximate surface area is 90.9 Å². The van der Waals surface area contributed by atoms with E-state index in [0.29, 0.717) is 5.41 Å². The second kappa shape index (κ2) is 4.31. The zero-order valence-corrected chi connectivity index (χ0v) is 9.45. The van der Waals surface area contributed by atoms with Crippen LogP contribution in [0.15, 0.2) is 6.33 Å². The van der Waals surface area contributed by atoms with Crippen LogP contribution in [0.4, 0.5) is 0 Å². The van der Waals surface area contributed by atoms with E-state index in [9.17, 15) is 0 Å². The van der Waals surface area contributed by atoms with E-state index in [1.807, 2.05) is 4.68 Å². The van der Waals surface area contributed by atoms with Crippen LogP contribution in [0, 0.1) is 5.41 Å². The van der Waals surface area contributed by atoms with Gasteiger partial charge >= 0.3 is 0 Å². The van der Waals surface area contributed by atoms with Crippen molar-refractivity contribution in [1.29, 1.82) is 0 Å². The van der Waals surface area contributed by atoms with E-state index in [-0.39, 0.29) is 0 Å². The lowest BCUT2D eigenvalue weighted by Crippen LogP contribution is -2.40. The third kappa shape index (κ3) is 2.04. The van der Waals surface area contributed by atoms with Gasteiger partial charge in [0.1, 0.15) is 12.2 Å². The number of nitrogens with zero attached hydrogens (tertiary/aromatic N) is 3. The fourth-order valence-corrected chi connectivity index (χ4v) is 2.29. The lowest BCUT2D eigenvalue weighted by atomic mass is 9.66. The first-order valence-electron chi connectivity index (χ1n) is 5.86. The van der Waals surface area contributed by atoms with E-state index in [4.69, 9.17) is 5.73 Å². The van der Waals surface area contributed by atoms with Gasteiger partial charge in [0.05, 0.1) is 0 Å². The second-order valence-electron chi connectivity index (χ2n) is 4.63. The minimum atomic E-state index is 0.332. The molecule has 1 saturated carbocycles. The Hall–Kier alpha value is -0.900. The summed E-state index contributed by atoms with van der Waals surface area (Å²) in [6.45, 7) is 3.91. The molecule has 1 heterocycles. The second-order valence-corrected chi connectivity index (χ2v) is 4.63. The van der Waals surface area contributed by atoms with Crippen LogP contribution in [0.25, 0.3) is 0 Å². The molecule has 4 heteroatoms. The van der Waals surface area contributed by atoms with Crippen LogP contribution in [-0.4, -0.2) is 21.3 Å². The Morgan fingerprint density at radius 2 is 2.33 bits per heavy atom. The fourth-order valence-electron chi connectivity index (χ4n) is 2.29. The topological polar surface area (TPSA) is 56.7 Å². The Morgan fingerprint density at radius 1 is 1.53 bits per heavy atom. The van der Waals surface area contributed by atoms with Crippen molar-refractivity contribution in [3.8, 4) is 0 Å². The number of rotatable bonds is 5. The molecule has 1 aromatic rings. The van der Waals surface area contributed by atoms with Crippen LogP contribution in [0.3, 0.4) is 0 Å².